The molecule has 1 rings (SSSR count). The summed E-state index contributed by atoms with van der Waals surface area (Å²) in [6, 6.07) is 0. The second kappa shape index (κ2) is 8.55. The number of hydrogen-bond acceptors (Lipinski definition) is 1. The van der Waals surface area contributed by atoms with Crippen molar-refractivity contribution in [1.82, 2.24) is 0 Å². The van der Waals surface area contributed by atoms with Crippen LogP contribution in [0.2, 0.25) is 0 Å². The second-order valence-corrected chi connectivity index (χ2v) is 3.73. The molecule has 1 fully saturated rings. The Morgan fingerprint density at radius 3 is 1.77 bits per heavy atom. The van der Waals surface area contributed by atoms with Crippen molar-refractivity contribution in [1.29, 1.82) is 0 Å². The van der Waals surface area contributed by atoms with E-state index in [1.54, 1.807) is 0 Å². The molecule has 82 valence electrons. The van der Waals surface area contributed by atoms with Crippen LogP contribution in [0, 0.1) is 11.3 Å². The zero-order valence-corrected chi connectivity index (χ0v) is 10.6. The summed E-state index contributed by atoms with van der Waals surface area (Å²) in [7, 11) is 0. The standard InChI is InChI=1S/C8H16O.2C2H6/c1-7-4-5-9-6-8(7,2)3;2*1-2/h7H,4-6H2,1-3H3;2*1-2H3. The van der Waals surface area contributed by atoms with Crippen molar-refractivity contribution in [2.45, 2.75) is 54.9 Å². The van der Waals surface area contributed by atoms with Crippen molar-refractivity contribution in [3.05, 3.63) is 0 Å². The van der Waals surface area contributed by atoms with Crippen LogP contribution < -0.4 is 0 Å². The van der Waals surface area contributed by atoms with E-state index in [0.29, 0.717) is 5.41 Å². The van der Waals surface area contributed by atoms with Crippen LogP contribution in [0.4, 0.5) is 0 Å². The molecule has 1 unspecified atom stereocenters. The minimum Gasteiger partial charge on any atom is -0.381 e. The molecule has 1 aliphatic heterocycles. The number of ether oxygens (including phenoxy) is 1. The molecule has 1 aliphatic rings. The molecule has 0 amide bonds. The molecule has 0 bridgehead atoms. The fraction of sp³-hybridized carbons (Fsp3) is 1.00. The molecule has 0 aromatic rings. The average molecular weight is 188 g/mol. The van der Waals surface area contributed by atoms with E-state index < -0.39 is 0 Å². The van der Waals surface area contributed by atoms with Gasteiger partial charge in [-0.25, -0.2) is 0 Å². The Kier molecular flexibility index (Phi) is 10.2. The molecule has 1 heteroatoms. The third-order valence-electron chi connectivity index (χ3n) is 2.50. The lowest BCUT2D eigenvalue weighted by atomic mass is 9.78. The number of hydrogen-bond donors (Lipinski definition) is 0. The Hall–Kier alpha value is -0.0400. The Balaban J connectivity index is 0. The summed E-state index contributed by atoms with van der Waals surface area (Å²) in [5, 5.41) is 0. The molecule has 1 heterocycles. The lowest BCUT2D eigenvalue weighted by Gasteiger charge is -2.35. The minimum atomic E-state index is 0.415. The maximum Gasteiger partial charge on any atom is 0.0519 e. The van der Waals surface area contributed by atoms with E-state index in [1.807, 2.05) is 27.7 Å². The highest BCUT2D eigenvalue weighted by atomic mass is 16.5. The van der Waals surface area contributed by atoms with Crippen LogP contribution in [0.3, 0.4) is 0 Å². The van der Waals surface area contributed by atoms with Gasteiger partial charge in [0, 0.05) is 6.61 Å². The van der Waals surface area contributed by atoms with Gasteiger partial charge in [-0.05, 0) is 17.8 Å². The smallest absolute Gasteiger partial charge is 0.0519 e. The van der Waals surface area contributed by atoms with Gasteiger partial charge in [-0.15, -0.1) is 0 Å². The number of rotatable bonds is 0. The minimum absolute atomic E-state index is 0.415. The highest BCUT2D eigenvalue weighted by Gasteiger charge is 2.28. The maximum atomic E-state index is 5.36. The fourth-order valence-corrected chi connectivity index (χ4v) is 1.13. The first-order chi connectivity index (χ1) is 6.13. The fourth-order valence-electron chi connectivity index (χ4n) is 1.13. The van der Waals surface area contributed by atoms with E-state index in [-0.39, 0.29) is 0 Å². The quantitative estimate of drug-likeness (QED) is 0.555. The van der Waals surface area contributed by atoms with Gasteiger partial charge >= 0.3 is 0 Å². The second-order valence-electron chi connectivity index (χ2n) is 3.73. The van der Waals surface area contributed by atoms with Crippen molar-refractivity contribution >= 4 is 0 Å². The summed E-state index contributed by atoms with van der Waals surface area (Å²) in [6.45, 7) is 16.8. The molecule has 0 spiro atoms. The predicted octanol–water partition coefficient (Wildman–Crippen LogP) is 4.12. The molecule has 0 aromatic carbocycles. The monoisotopic (exact) mass is 188 g/mol. The van der Waals surface area contributed by atoms with E-state index in [9.17, 15) is 0 Å². The summed E-state index contributed by atoms with van der Waals surface area (Å²) in [5.41, 5.74) is 0.415. The van der Waals surface area contributed by atoms with Gasteiger partial charge in [0.05, 0.1) is 6.61 Å². The van der Waals surface area contributed by atoms with Crippen LogP contribution in [0.15, 0.2) is 0 Å². The van der Waals surface area contributed by atoms with Crippen molar-refractivity contribution in [3.8, 4) is 0 Å². The summed E-state index contributed by atoms with van der Waals surface area (Å²) < 4.78 is 5.36. The third kappa shape index (κ3) is 6.09. The van der Waals surface area contributed by atoms with Gasteiger partial charge in [0.1, 0.15) is 0 Å². The first-order valence-corrected chi connectivity index (χ1v) is 5.71. The third-order valence-corrected chi connectivity index (χ3v) is 2.50. The van der Waals surface area contributed by atoms with Gasteiger partial charge in [0.25, 0.3) is 0 Å². The SMILES string of the molecule is CC.CC.CC1CCOCC1(C)C. The van der Waals surface area contributed by atoms with Gasteiger partial charge in [-0.1, -0.05) is 48.5 Å². The molecule has 0 N–H and O–H groups in total. The molecule has 0 aliphatic carbocycles. The van der Waals surface area contributed by atoms with Crippen molar-refractivity contribution in [3.63, 3.8) is 0 Å². The summed E-state index contributed by atoms with van der Waals surface area (Å²) in [4.78, 5) is 0. The molecule has 0 saturated carbocycles. The lowest BCUT2D eigenvalue weighted by molar-refractivity contribution is -0.0247. The van der Waals surface area contributed by atoms with Crippen LogP contribution in [0.25, 0.3) is 0 Å². The first-order valence-electron chi connectivity index (χ1n) is 5.71. The Morgan fingerprint density at radius 1 is 1.08 bits per heavy atom. The lowest BCUT2D eigenvalue weighted by Crippen LogP contribution is -2.33. The van der Waals surface area contributed by atoms with E-state index in [4.69, 9.17) is 4.74 Å². The van der Waals surface area contributed by atoms with E-state index in [0.717, 1.165) is 19.1 Å². The van der Waals surface area contributed by atoms with Gasteiger partial charge in [-0.3, -0.25) is 0 Å². The van der Waals surface area contributed by atoms with Crippen LogP contribution in [0.5, 0.6) is 0 Å². The molecule has 1 atom stereocenters. The Morgan fingerprint density at radius 2 is 1.54 bits per heavy atom. The Labute approximate surface area is 84.9 Å². The van der Waals surface area contributed by atoms with Crippen LogP contribution >= 0.6 is 0 Å². The average Bonchev–Trinajstić information content (AvgIpc) is 2.17. The summed E-state index contributed by atoms with van der Waals surface area (Å²) in [6.07, 6.45) is 1.23. The van der Waals surface area contributed by atoms with E-state index in [1.165, 1.54) is 6.42 Å². The molecule has 0 radical (unpaired) electrons. The van der Waals surface area contributed by atoms with E-state index >= 15 is 0 Å². The van der Waals surface area contributed by atoms with Crippen LogP contribution in [-0.2, 0) is 4.74 Å². The molecule has 13 heavy (non-hydrogen) atoms. The van der Waals surface area contributed by atoms with Crippen molar-refractivity contribution in [2.75, 3.05) is 13.2 Å². The highest BCUT2D eigenvalue weighted by molar-refractivity contribution is 4.77. The first kappa shape index (κ1) is 15.4. The zero-order chi connectivity index (χ0) is 10.9. The zero-order valence-electron chi connectivity index (χ0n) is 10.6. The van der Waals surface area contributed by atoms with Gasteiger partial charge in [-0.2, -0.15) is 0 Å². The predicted molar refractivity (Wildman–Crippen MR) is 61.1 cm³/mol. The Bertz CT molecular complexity index is 97.3. The normalized spacial score (nSPS) is 24.7. The summed E-state index contributed by atoms with van der Waals surface area (Å²) in [5.74, 6) is 0.825. The van der Waals surface area contributed by atoms with E-state index in [2.05, 4.69) is 20.8 Å². The summed E-state index contributed by atoms with van der Waals surface area (Å²) >= 11 is 0. The topological polar surface area (TPSA) is 9.23 Å². The van der Waals surface area contributed by atoms with Crippen molar-refractivity contribution < 1.29 is 4.74 Å². The largest absolute Gasteiger partial charge is 0.381 e. The van der Waals surface area contributed by atoms with Gasteiger partial charge in [0.15, 0.2) is 0 Å². The molecule has 0 aromatic heterocycles. The van der Waals surface area contributed by atoms with Crippen LogP contribution in [0.1, 0.15) is 54.9 Å². The van der Waals surface area contributed by atoms with Gasteiger partial charge in [0.2, 0.25) is 0 Å². The maximum absolute atomic E-state index is 5.36. The molecular weight excluding hydrogens is 160 g/mol. The molecular formula is C12H28O. The highest BCUT2D eigenvalue weighted by Crippen LogP contribution is 2.32. The van der Waals surface area contributed by atoms with Crippen LogP contribution in [-0.4, -0.2) is 13.2 Å². The molecule has 1 saturated heterocycles. The van der Waals surface area contributed by atoms with Gasteiger partial charge < -0.3 is 4.74 Å². The van der Waals surface area contributed by atoms with Crippen molar-refractivity contribution in [2.24, 2.45) is 11.3 Å². The molecule has 1 nitrogen and oxygen atoms in total.